The molecule has 0 aliphatic rings. The lowest BCUT2D eigenvalue weighted by atomic mass is 10.2. The van der Waals surface area contributed by atoms with Crippen LogP contribution < -0.4 is 4.90 Å². The summed E-state index contributed by atoms with van der Waals surface area (Å²) in [4.78, 5) is 29.9. The zero-order chi connectivity index (χ0) is 20.6. The smallest absolute Gasteiger partial charge is 0.306 e. The molecule has 7 heteroatoms. The maximum atomic E-state index is 13.8. The molecule has 0 aliphatic heterocycles. The van der Waals surface area contributed by atoms with Gasteiger partial charge in [-0.25, -0.2) is 9.37 Å². The number of hydrogen-bond acceptors (Lipinski definition) is 5. The molecule has 0 N–H and O–H groups in total. The highest BCUT2D eigenvalue weighted by atomic mass is 19.1. The summed E-state index contributed by atoms with van der Waals surface area (Å²) in [5.41, 5.74) is 1.05. The molecule has 0 unspecified atom stereocenters. The first-order valence-electron chi connectivity index (χ1n) is 9.29. The Morgan fingerprint density at radius 3 is 2.55 bits per heavy atom. The van der Waals surface area contributed by atoms with E-state index in [1.165, 1.54) is 12.3 Å². The molecule has 0 spiro atoms. The summed E-state index contributed by atoms with van der Waals surface area (Å²) in [6.07, 6.45) is 1.61. The van der Waals surface area contributed by atoms with Gasteiger partial charge < -0.3 is 14.1 Å². The number of nitrogens with zero attached hydrogens (tertiary/aromatic N) is 2. The van der Waals surface area contributed by atoms with E-state index in [-0.39, 0.29) is 25.4 Å². The van der Waals surface area contributed by atoms with Crippen molar-refractivity contribution in [2.24, 2.45) is 0 Å². The van der Waals surface area contributed by atoms with Crippen LogP contribution in [0.4, 0.5) is 10.1 Å². The molecule has 3 rings (SSSR count). The minimum atomic E-state index is -0.534. The molecule has 2 aromatic carbocycles. The van der Waals surface area contributed by atoms with Crippen LogP contribution in [0.15, 0.2) is 65.2 Å². The van der Waals surface area contributed by atoms with Crippen molar-refractivity contribution >= 4 is 17.6 Å². The van der Waals surface area contributed by atoms with Crippen molar-refractivity contribution in [3.05, 3.63) is 72.5 Å². The summed E-state index contributed by atoms with van der Waals surface area (Å²) >= 11 is 0. The molecule has 0 saturated carbocycles. The molecule has 0 saturated heterocycles. The molecule has 1 heterocycles. The van der Waals surface area contributed by atoms with Gasteiger partial charge >= 0.3 is 5.97 Å². The summed E-state index contributed by atoms with van der Waals surface area (Å²) in [7, 11) is 0. The highest BCUT2D eigenvalue weighted by Gasteiger charge is 2.17. The fraction of sp³-hybridized carbons (Fsp3) is 0.227. The van der Waals surface area contributed by atoms with E-state index in [1.54, 1.807) is 23.1 Å². The number of carbonyl (C=O) groups is 2. The number of amides is 1. The van der Waals surface area contributed by atoms with Crippen LogP contribution in [0.5, 0.6) is 0 Å². The van der Waals surface area contributed by atoms with Crippen molar-refractivity contribution in [2.45, 2.75) is 19.8 Å². The van der Waals surface area contributed by atoms with Crippen LogP contribution >= 0.6 is 0 Å². The molecule has 0 atom stereocenters. The second kappa shape index (κ2) is 9.64. The maximum absolute atomic E-state index is 13.8. The lowest BCUT2D eigenvalue weighted by Crippen LogP contribution is -2.34. The summed E-state index contributed by atoms with van der Waals surface area (Å²) < 4.78 is 24.4. The molecule has 1 amide bonds. The summed E-state index contributed by atoms with van der Waals surface area (Å²) in [6, 6.07) is 15.4. The standard InChI is InChI=1S/C22H21FN2O4/c1-2-25(16-8-4-3-5-9-16)21(26)15-28-22(27)13-12-20-24-14-19(29-20)17-10-6-7-11-18(17)23/h3-11,14H,2,12-13,15H2,1H3. The van der Waals surface area contributed by atoms with E-state index < -0.39 is 11.8 Å². The van der Waals surface area contributed by atoms with Gasteiger partial charge in [-0.15, -0.1) is 0 Å². The van der Waals surface area contributed by atoms with E-state index in [4.69, 9.17) is 9.15 Å². The second-order valence-electron chi connectivity index (χ2n) is 6.23. The third-order valence-corrected chi connectivity index (χ3v) is 4.28. The number of halogens is 1. The summed E-state index contributed by atoms with van der Waals surface area (Å²) in [6.45, 7) is 1.98. The second-order valence-corrected chi connectivity index (χ2v) is 6.23. The first-order chi connectivity index (χ1) is 14.1. The Morgan fingerprint density at radius 2 is 1.83 bits per heavy atom. The Labute approximate surface area is 167 Å². The summed E-state index contributed by atoms with van der Waals surface area (Å²) in [5, 5.41) is 0. The number of aryl methyl sites for hydroxylation is 1. The molecular weight excluding hydrogens is 375 g/mol. The van der Waals surface area contributed by atoms with Gasteiger partial charge in [-0.1, -0.05) is 30.3 Å². The highest BCUT2D eigenvalue weighted by Crippen LogP contribution is 2.23. The van der Waals surface area contributed by atoms with Gasteiger partial charge in [0, 0.05) is 18.7 Å². The number of anilines is 1. The van der Waals surface area contributed by atoms with Crippen LogP contribution in [0.2, 0.25) is 0 Å². The molecular formula is C22H21FN2O4. The monoisotopic (exact) mass is 396 g/mol. The van der Waals surface area contributed by atoms with Crippen molar-refractivity contribution in [1.82, 2.24) is 4.98 Å². The van der Waals surface area contributed by atoms with Gasteiger partial charge in [0.25, 0.3) is 5.91 Å². The molecule has 0 fully saturated rings. The van der Waals surface area contributed by atoms with Gasteiger partial charge in [0.15, 0.2) is 18.3 Å². The highest BCUT2D eigenvalue weighted by molar-refractivity contribution is 5.95. The van der Waals surface area contributed by atoms with E-state index in [2.05, 4.69) is 4.98 Å². The topological polar surface area (TPSA) is 72.6 Å². The number of likely N-dealkylation sites (N-methyl/N-ethyl adjacent to an activating group) is 1. The average Bonchev–Trinajstić information content (AvgIpc) is 3.21. The van der Waals surface area contributed by atoms with E-state index in [0.717, 1.165) is 5.69 Å². The van der Waals surface area contributed by atoms with E-state index in [1.807, 2.05) is 37.3 Å². The number of hydrogen-bond donors (Lipinski definition) is 0. The van der Waals surface area contributed by atoms with Crippen LogP contribution in [-0.2, 0) is 20.7 Å². The molecule has 1 aromatic heterocycles. The number of esters is 1. The van der Waals surface area contributed by atoms with Gasteiger partial charge in [-0.3, -0.25) is 9.59 Å². The van der Waals surface area contributed by atoms with Crippen molar-refractivity contribution in [2.75, 3.05) is 18.1 Å². The first-order valence-corrected chi connectivity index (χ1v) is 9.29. The lowest BCUT2D eigenvalue weighted by molar-refractivity contribution is -0.147. The summed E-state index contributed by atoms with van der Waals surface area (Å²) in [5.74, 6) is -0.653. The molecule has 29 heavy (non-hydrogen) atoms. The van der Waals surface area contributed by atoms with Gasteiger partial charge in [0.2, 0.25) is 0 Å². The zero-order valence-electron chi connectivity index (χ0n) is 16.0. The van der Waals surface area contributed by atoms with Crippen LogP contribution in [0.3, 0.4) is 0 Å². The van der Waals surface area contributed by atoms with Crippen molar-refractivity contribution in [3.8, 4) is 11.3 Å². The number of carbonyl (C=O) groups excluding carboxylic acids is 2. The number of para-hydroxylation sites is 1. The fourth-order valence-corrected chi connectivity index (χ4v) is 2.82. The minimum absolute atomic E-state index is 0.00195. The van der Waals surface area contributed by atoms with Crippen molar-refractivity contribution in [3.63, 3.8) is 0 Å². The third-order valence-electron chi connectivity index (χ3n) is 4.28. The van der Waals surface area contributed by atoms with Crippen LogP contribution in [0.25, 0.3) is 11.3 Å². The molecule has 150 valence electrons. The number of benzene rings is 2. The minimum Gasteiger partial charge on any atom is -0.456 e. The third kappa shape index (κ3) is 5.28. The van der Waals surface area contributed by atoms with Crippen molar-refractivity contribution in [1.29, 1.82) is 0 Å². The van der Waals surface area contributed by atoms with E-state index in [0.29, 0.717) is 23.8 Å². The number of oxazole rings is 1. The van der Waals surface area contributed by atoms with Crippen LogP contribution in [0.1, 0.15) is 19.2 Å². The zero-order valence-corrected chi connectivity index (χ0v) is 16.0. The van der Waals surface area contributed by atoms with E-state index in [9.17, 15) is 14.0 Å². The quantitative estimate of drug-likeness (QED) is 0.538. The SMILES string of the molecule is CCN(C(=O)COC(=O)CCc1ncc(-c2ccccc2F)o1)c1ccccc1. The largest absolute Gasteiger partial charge is 0.456 e. The van der Waals surface area contributed by atoms with Crippen LogP contribution in [0, 0.1) is 5.82 Å². The van der Waals surface area contributed by atoms with E-state index >= 15 is 0 Å². The Morgan fingerprint density at radius 1 is 1.10 bits per heavy atom. The Kier molecular flexibility index (Phi) is 6.73. The Hall–Kier alpha value is -3.48. The molecule has 0 aliphatic carbocycles. The number of ether oxygens (including phenoxy) is 1. The molecule has 3 aromatic rings. The predicted octanol–water partition coefficient (Wildman–Crippen LogP) is 4.01. The fourth-order valence-electron chi connectivity index (χ4n) is 2.82. The van der Waals surface area contributed by atoms with Gasteiger partial charge in [-0.2, -0.15) is 0 Å². The lowest BCUT2D eigenvalue weighted by Gasteiger charge is -2.20. The van der Waals surface area contributed by atoms with Gasteiger partial charge in [0.05, 0.1) is 18.2 Å². The molecule has 0 radical (unpaired) electrons. The number of rotatable bonds is 8. The van der Waals surface area contributed by atoms with Crippen LogP contribution in [-0.4, -0.2) is 30.0 Å². The normalized spacial score (nSPS) is 10.6. The van der Waals surface area contributed by atoms with Gasteiger partial charge in [0.1, 0.15) is 5.82 Å². The van der Waals surface area contributed by atoms with Gasteiger partial charge in [-0.05, 0) is 31.2 Å². The molecule has 0 bridgehead atoms. The first kappa shape index (κ1) is 20.3. The number of aromatic nitrogens is 1. The molecule has 6 nitrogen and oxygen atoms in total. The predicted molar refractivity (Wildman–Crippen MR) is 106 cm³/mol. The average molecular weight is 396 g/mol. The Balaban J connectivity index is 1.49. The maximum Gasteiger partial charge on any atom is 0.306 e. The van der Waals surface area contributed by atoms with Crippen molar-refractivity contribution < 1.29 is 23.1 Å². The Bertz CT molecular complexity index is 972.